The minimum atomic E-state index is 0.686. The van der Waals surface area contributed by atoms with Gasteiger partial charge in [-0.15, -0.1) is 10.2 Å². The molecule has 4 nitrogen and oxygen atoms in total. The molecule has 0 spiro atoms. The average Bonchev–Trinajstić information content (AvgIpc) is 3.06. The number of nitrogens with one attached hydrogen (secondary N) is 1. The van der Waals surface area contributed by atoms with Gasteiger partial charge < -0.3 is 5.32 Å². The SMILES string of the molecule is c1ccc(-c2ccc(CNCc3nnc4ccccn34)cc2)cc1. The number of nitrogens with zero attached hydrogens (tertiary/aromatic N) is 3. The van der Waals surface area contributed by atoms with Crippen LogP contribution in [0.25, 0.3) is 16.8 Å². The zero-order valence-electron chi connectivity index (χ0n) is 13.3. The quantitative estimate of drug-likeness (QED) is 0.611. The fourth-order valence-electron chi connectivity index (χ4n) is 2.78. The lowest BCUT2D eigenvalue weighted by Crippen LogP contribution is -2.14. The Balaban J connectivity index is 1.39. The Morgan fingerprint density at radius 2 is 1.46 bits per heavy atom. The van der Waals surface area contributed by atoms with E-state index < -0.39 is 0 Å². The van der Waals surface area contributed by atoms with E-state index >= 15 is 0 Å². The summed E-state index contributed by atoms with van der Waals surface area (Å²) in [7, 11) is 0. The van der Waals surface area contributed by atoms with Crippen LogP contribution in [0.5, 0.6) is 0 Å². The molecule has 0 aliphatic carbocycles. The van der Waals surface area contributed by atoms with Gasteiger partial charge in [-0.25, -0.2) is 0 Å². The molecule has 0 atom stereocenters. The van der Waals surface area contributed by atoms with Gasteiger partial charge in [-0.2, -0.15) is 0 Å². The Kier molecular flexibility index (Phi) is 4.04. The summed E-state index contributed by atoms with van der Waals surface area (Å²) in [4.78, 5) is 0. The number of benzene rings is 2. The van der Waals surface area contributed by atoms with Gasteiger partial charge in [-0.05, 0) is 28.8 Å². The lowest BCUT2D eigenvalue weighted by Gasteiger charge is -2.06. The topological polar surface area (TPSA) is 42.2 Å². The first kappa shape index (κ1) is 14.6. The summed E-state index contributed by atoms with van der Waals surface area (Å²) in [6.07, 6.45) is 1.99. The molecule has 0 saturated heterocycles. The van der Waals surface area contributed by atoms with Crippen molar-refractivity contribution in [2.45, 2.75) is 13.1 Å². The first-order valence-electron chi connectivity index (χ1n) is 8.04. The summed E-state index contributed by atoms with van der Waals surface area (Å²) in [6, 6.07) is 25.0. The maximum absolute atomic E-state index is 4.23. The van der Waals surface area contributed by atoms with E-state index in [0.29, 0.717) is 6.54 Å². The van der Waals surface area contributed by atoms with Crippen molar-refractivity contribution in [1.82, 2.24) is 19.9 Å². The molecule has 118 valence electrons. The third-order valence-corrected chi connectivity index (χ3v) is 4.06. The van der Waals surface area contributed by atoms with Crippen molar-refractivity contribution in [1.29, 1.82) is 0 Å². The van der Waals surface area contributed by atoms with Crippen molar-refractivity contribution in [3.8, 4) is 11.1 Å². The van der Waals surface area contributed by atoms with E-state index in [1.54, 1.807) is 0 Å². The fourth-order valence-corrected chi connectivity index (χ4v) is 2.78. The number of hydrogen-bond donors (Lipinski definition) is 1. The lowest BCUT2D eigenvalue weighted by molar-refractivity contribution is 0.657. The molecule has 1 N–H and O–H groups in total. The maximum Gasteiger partial charge on any atom is 0.160 e. The standard InChI is InChI=1S/C20H18N4/c1-2-6-17(7-3-1)18-11-9-16(10-12-18)14-21-15-20-23-22-19-8-4-5-13-24(19)20/h1-13,21H,14-15H2. The zero-order valence-corrected chi connectivity index (χ0v) is 13.3. The first-order valence-corrected chi connectivity index (χ1v) is 8.04. The Labute approximate surface area is 140 Å². The molecule has 2 aromatic carbocycles. The summed E-state index contributed by atoms with van der Waals surface area (Å²) < 4.78 is 2.01. The third-order valence-electron chi connectivity index (χ3n) is 4.06. The van der Waals surface area contributed by atoms with Gasteiger partial charge in [0.05, 0.1) is 6.54 Å². The van der Waals surface area contributed by atoms with Gasteiger partial charge in [0, 0.05) is 12.7 Å². The van der Waals surface area contributed by atoms with E-state index in [4.69, 9.17) is 0 Å². The highest BCUT2D eigenvalue weighted by molar-refractivity contribution is 5.63. The van der Waals surface area contributed by atoms with Crippen molar-refractivity contribution in [2.24, 2.45) is 0 Å². The molecule has 0 aliphatic rings. The third kappa shape index (κ3) is 3.05. The van der Waals surface area contributed by atoms with Gasteiger partial charge in [0.25, 0.3) is 0 Å². The average molecular weight is 314 g/mol. The second-order valence-electron chi connectivity index (χ2n) is 5.71. The molecule has 0 amide bonds. The molecule has 2 aromatic heterocycles. The predicted octanol–water partition coefficient (Wildman–Crippen LogP) is 3.69. The molecular weight excluding hydrogens is 296 g/mol. The molecule has 4 rings (SSSR count). The van der Waals surface area contributed by atoms with Gasteiger partial charge in [0.1, 0.15) is 0 Å². The van der Waals surface area contributed by atoms with Crippen LogP contribution >= 0.6 is 0 Å². The number of pyridine rings is 1. The van der Waals surface area contributed by atoms with E-state index in [9.17, 15) is 0 Å². The molecule has 0 radical (unpaired) electrons. The predicted molar refractivity (Wildman–Crippen MR) is 95.4 cm³/mol. The Hall–Kier alpha value is -2.98. The number of fused-ring (bicyclic) bond motifs is 1. The summed E-state index contributed by atoms with van der Waals surface area (Å²) in [6.45, 7) is 1.49. The molecule has 0 unspecified atom stereocenters. The summed E-state index contributed by atoms with van der Waals surface area (Å²) in [5.41, 5.74) is 4.61. The Morgan fingerprint density at radius 1 is 0.708 bits per heavy atom. The molecule has 0 fully saturated rings. The highest BCUT2D eigenvalue weighted by Gasteiger charge is 2.04. The molecule has 0 bridgehead atoms. The molecule has 0 aliphatic heterocycles. The smallest absolute Gasteiger partial charge is 0.160 e. The van der Waals surface area contributed by atoms with Gasteiger partial charge in [-0.1, -0.05) is 60.7 Å². The Bertz CT molecular complexity index is 927. The van der Waals surface area contributed by atoms with E-state index in [2.05, 4.69) is 64.0 Å². The van der Waals surface area contributed by atoms with Crippen LogP contribution in [0, 0.1) is 0 Å². The Morgan fingerprint density at radius 3 is 2.29 bits per heavy atom. The fraction of sp³-hybridized carbons (Fsp3) is 0.100. The lowest BCUT2D eigenvalue weighted by atomic mass is 10.0. The highest BCUT2D eigenvalue weighted by Crippen LogP contribution is 2.19. The van der Waals surface area contributed by atoms with Crippen molar-refractivity contribution in [3.63, 3.8) is 0 Å². The van der Waals surface area contributed by atoms with E-state index in [-0.39, 0.29) is 0 Å². The van der Waals surface area contributed by atoms with Crippen LogP contribution in [0.1, 0.15) is 11.4 Å². The van der Waals surface area contributed by atoms with Gasteiger partial charge in [0.15, 0.2) is 11.5 Å². The molecule has 0 saturated carbocycles. The zero-order chi connectivity index (χ0) is 16.2. The van der Waals surface area contributed by atoms with Crippen molar-refractivity contribution < 1.29 is 0 Å². The van der Waals surface area contributed by atoms with Crippen molar-refractivity contribution >= 4 is 5.65 Å². The maximum atomic E-state index is 4.23. The van der Waals surface area contributed by atoms with Crippen LogP contribution in [0.15, 0.2) is 79.0 Å². The van der Waals surface area contributed by atoms with Gasteiger partial charge >= 0.3 is 0 Å². The van der Waals surface area contributed by atoms with E-state index in [1.807, 2.05) is 34.9 Å². The van der Waals surface area contributed by atoms with Crippen LogP contribution < -0.4 is 5.32 Å². The van der Waals surface area contributed by atoms with Crippen LogP contribution in [0.3, 0.4) is 0 Å². The minimum absolute atomic E-state index is 0.686. The summed E-state index contributed by atoms with van der Waals surface area (Å²) >= 11 is 0. The van der Waals surface area contributed by atoms with Crippen molar-refractivity contribution in [2.75, 3.05) is 0 Å². The summed E-state index contributed by atoms with van der Waals surface area (Å²) in [5, 5.41) is 11.8. The summed E-state index contributed by atoms with van der Waals surface area (Å²) in [5.74, 6) is 0.923. The molecule has 4 aromatic rings. The monoisotopic (exact) mass is 314 g/mol. The molecule has 24 heavy (non-hydrogen) atoms. The largest absolute Gasteiger partial charge is 0.306 e. The van der Waals surface area contributed by atoms with Gasteiger partial charge in [-0.3, -0.25) is 4.40 Å². The molecule has 2 heterocycles. The normalized spacial score (nSPS) is 11.0. The highest BCUT2D eigenvalue weighted by atomic mass is 15.3. The number of rotatable bonds is 5. The van der Waals surface area contributed by atoms with Gasteiger partial charge in [0.2, 0.25) is 0 Å². The van der Waals surface area contributed by atoms with Crippen LogP contribution in [0.4, 0.5) is 0 Å². The van der Waals surface area contributed by atoms with Crippen LogP contribution in [-0.2, 0) is 13.1 Å². The molecule has 4 heteroatoms. The number of hydrogen-bond acceptors (Lipinski definition) is 3. The number of aromatic nitrogens is 3. The minimum Gasteiger partial charge on any atom is -0.306 e. The van der Waals surface area contributed by atoms with Crippen LogP contribution in [-0.4, -0.2) is 14.6 Å². The van der Waals surface area contributed by atoms with E-state index in [1.165, 1.54) is 16.7 Å². The van der Waals surface area contributed by atoms with Crippen molar-refractivity contribution in [3.05, 3.63) is 90.4 Å². The molecular formula is C20H18N4. The van der Waals surface area contributed by atoms with E-state index in [0.717, 1.165) is 18.0 Å². The second-order valence-corrected chi connectivity index (χ2v) is 5.71. The van der Waals surface area contributed by atoms with Crippen LogP contribution in [0.2, 0.25) is 0 Å². The second kappa shape index (κ2) is 6.64. The first-order chi connectivity index (χ1) is 11.9.